The van der Waals surface area contributed by atoms with E-state index in [1.807, 2.05) is 18.2 Å². The number of para-hydroxylation sites is 1. The number of benzene rings is 1. The lowest BCUT2D eigenvalue weighted by Crippen LogP contribution is -2.50. The molecule has 0 bridgehead atoms. The Labute approximate surface area is 161 Å². The average Bonchev–Trinajstić information content (AvgIpc) is 3.09. The fourth-order valence-corrected chi connectivity index (χ4v) is 3.47. The number of carbonyl (C=O) groups is 3. The number of hydrogen-bond donors (Lipinski definition) is 2. The molecule has 142 valence electrons. The zero-order valence-electron chi connectivity index (χ0n) is 15.0. The lowest BCUT2D eigenvalue weighted by atomic mass is 10.2. The molecule has 0 radical (unpaired) electrons. The van der Waals surface area contributed by atoms with Crippen molar-refractivity contribution in [3.63, 3.8) is 0 Å². The normalized spacial score (nSPS) is 14.0. The number of thiazole rings is 1. The second-order valence-electron chi connectivity index (χ2n) is 6.15. The standard InChI is InChI=1S/C18H21N5O3S/c1-13(24)22-7-9-23(10-8-22)16(25)11-15-12-27-18(20-15)21-17(26)19-14-5-3-2-4-6-14/h2-6,12H,7-11H2,1H3,(H2,19,20,21,26). The Morgan fingerprint density at radius 3 is 2.37 bits per heavy atom. The summed E-state index contributed by atoms with van der Waals surface area (Å²) in [6.07, 6.45) is 0.179. The molecule has 1 aliphatic heterocycles. The van der Waals surface area contributed by atoms with E-state index in [4.69, 9.17) is 0 Å². The van der Waals surface area contributed by atoms with Gasteiger partial charge in [0.15, 0.2) is 5.13 Å². The molecule has 2 heterocycles. The van der Waals surface area contributed by atoms with E-state index < -0.39 is 0 Å². The molecule has 8 nitrogen and oxygen atoms in total. The van der Waals surface area contributed by atoms with Gasteiger partial charge in [-0.3, -0.25) is 14.9 Å². The molecule has 0 aliphatic carbocycles. The summed E-state index contributed by atoms with van der Waals surface area (Å²) in [6.45, 7) is 3.73. The number of aromatic nitrogens is 1. The van der Waals surface area contributed by atoms with E-state index in [9.17, 15) is 14.4 Å². The molecule has 1 saturated heterocycles. The molecule has 1 aromatic heterocycles. The molecule has 1 aromatic carbocycles. The van der Waals surface area contributed by atoms with E-state index in [0.717, 1.165) is 0 Å². The van der Waals surface area contributed by atoms with Crippen LogP contribution in [0.5, 0.6) is 0 Å². The van der Waals surface area contributed by atoms with Crippen molar-refractivity contribution >= 4 is 40.0 Å². The van der Waals surface area contributed by atoms with Gasteiger partial charge in [-0.15, -0.1) is 11.3 Å². The molecule has 3 rings (SSSR count). The van der Waals surface area contributed by atoms with E-state index in [-0.39, 0.29) is 24.3 Å². The van der Waals surface area contributed by atoms with Gasteiger partial charge in [-0.1, -0.05) is 18.2 Å². The lowest BCUT2D eigenvalue weighted by Gasteiger charge is -2.34. The van der Waals surface area contributed by atoms with Gasteiger partial charge in [0, 0.05) is 44.2 Å². The van der Waals surface area contributed by atoms with Crippen LogP contribution in [0.2, 0.25) is 0 Å². The highest BCUT2D eigenvalue weighted by Crippen LogP contribution is 2.17. The van der Waals surface area contributed by atoms with Crippen LogP contribution < -0.4 is 10.6 Å². The number of nitrogens with one attached hydrogen (secondary N) is 2. The first-order chi connectivity index (χ1) is 13.0. The van der Waals surface area contributed by atoms with E-state index in [1.165, 1.54) is 18.3 Å². The van der Waals surface area contributed by atoms with Crippen LogP contribution in [0.1, 0.15) is 12.6 Å². The molecule has 0 atom stereocenters. The van der Waals surface area contributed by atoms with Crippen LogP contribution in [0.4, 0.5) is 15.6 Å². The number of nitrogens with zero attached hydrogens (tertiary/aromatic N) is 3. The number of carbonyl (C=O) groups excluding carboxylic acids is 3. The molecular formula is C18H21N5O3S. The highest BCUT2D eigenvalue weighted by atomic mass is 32.1. The van der Waals surface area contributed by atoms with Crippen LogP contribution in [-0.4, -0.2) is 58.8 Å². The first-order valence-electron chi connectivity index (χ1n) is 8.62. The van der Waals surface area contributed by atoms with Gasteiger partial charge >= 0.3 is 6.03 Å². The highest BCUT2D eigenvalue weighted by Gasteiger charge is 2.23. The van der Waals surface area contributed by atoms with Crippen LogP contribution in [0.15, 0.2) is 35.7 Å². The minimum absolute atomic E-state index is 0.0243. The maximum atomic E-state index is 12.4. The zero-order valence-corrected chi connectivity index (χ0v) is 15.8. The Morgan fingerprint density at radius 2 is 1.70 bits per heavy atom. The summed E-state index contributed by atoms with van der Waals surface area (Å²) in [5, 5.41) is 7.59. The minimum atomic E-state index is -0.381. The largest absolute Gasteiger partial charge is 0.339 e. The predicted octanol–water partition coefficient (Wildman–Crippen LogP) is 2.02. The highest BCUT2D eigenvalue weighted by molar-refractivity contribution is 7.14. The van der Waals surface area contributed by atoms with Gasteiger partial charge in [-0.25, -0.2) is 9.78 Å². The molecule has 27 heavy (non-hydrogen) atoms. The van der Waals surface area contributed by atoms with E-state index in [1.54, 1.807) is 27.3 Å². The SMILES string of the molecule is CC(=O)N1CCN(C(=O)Cc2csc(NC(=O)Nc3ccccc3)n2)CC1. The van der Waals surface area contributed by atoms with E-state index >= 15 is 0 Å². The third-order valence-corrected chi connectivity index (χ3v) is 5.02. The van der Waals surface area contributed by atoms with Gasteiger partial charge in [-0.05, 0) is 12.1 Å². The van der Waals surface area contributed by atoms with Crippen LogP contribution in [0, 0.1) is 0 Å². The molecule has 0 saturated carbocycles. The van der Waals surface area contributed by atoms with Crippen molar-refractivity contribution in [3.8, 4) is 0 Å². The number of urea groups is 1. The van der Waals surface area contributed by atoms with Gasteiger partial charge in [0.05, 0.1) is 12.1 Å². The average molecular weight is 387 g/mol. The number of anilines is 2. The second-order valence-corrected chi connectivity index (χ2v) is 7.01. The Bertz CT molecular complexity index is 815. The van der Waals surface area contributed by atoms with Gasteiger partial charge in [-0.2, -0.15) is 0 Å². The molecule has 4 amide bonds. The van der Waals surface area contributed by atoms with Crippen molar-refractivity contribution < 1.29 is 14.4 Å². The number of piperazine rings is 1. The third kappa shape index (κ3) is 5.27. The molecule has 2 aromatic rings. The van der Waals surface area contributed by atoms with Crippen molar-refractivity contribution in [1.82, 2.24) is 14.8 Å². The van der Waals surface area contributed by atoms with Crippen LogP contribution in [0.25, 0.3) is 0 Å². The monoisotopic (exact) mass is 387 g/mol. The summed E-state index contributed by atoms with van der Waals surface area (Å²) in [7, 11) is 0. The Kier molecular flexibility index (Phi) is 6.02. The van der Waals surface area contributed by atoms with Crippen LogP contribution in [-0.2, 0) is 16.0 Å². The lowest BCUT2D eigenvalue weighted by molar-refractivity contribution is -0.138. The van der Waals surface area contributed by atoms with Gasteiger partial charge < -0.3 is 15.1 Å². The van der Waals surface area contributed by atoms with Crippen molar-refractivity contribution in [2.45, 2.75) is 13.3 Å². The molecule has 0 spiro atoms. The molecule has 2 N–H and O–H groups in total. The topological polar surface area (TPSA) is 94.6 Å². The Balaban J connectivity index is 1.48. The summed E-state index contributed by atoms with van der Waals surface area (Å²) in [5.41, 5.74) is 1.31. The van der Waals surface area contributed by atoms with Crippen molar-refractivity contribution in [2.75, 3.05) is 36.8 Å². The van der Waals surface area contributed by atoms with Crippen LogP contribution >= 0.6 is 11.3 Å². The van der Waals surface area contributed by atoms with E-state index in [2.05, 4.69) is 15.6 Å². The maximum absolute atomic E-state index is 12.4. The quantitative estimate of drug-likeness (QED) is 0.839. The summed E-state index contributed by atoms with van der Waals surface area (Å²) in [4.78, 5) is 43.5. The molecule has 9 heteroatoms. The summed E-state index contributed by atoms with van der Waals surface area (Å²) in [6, 6.07) is 8.73. The minimum Gasteiger partial charge on any atom is -0.339 e. The Hall–Kier alpha value is -2.94. The Morgan fingerprint density at radius 1 is 1.04 bits per heavy atom. The number of hydrogen-bond acceptors (Lipinski definition) is 5. The number of rotatable bonds is 4. The fraction of sp³-hybridized carbons (Fsp3) is 0.333. The summed E-state index contributed by atoms with van der Waals surface area (Å²) < 4.78 is 0. The summed E-state index contributed by atoms with van der Waals surface area (Å²) >= 11 is 1.27. The van der Waals surface area contributed by atoms with E-state index in [0.29, 0.717) is 42.7 Å². The van der Waals surface area contributed by atoms with Crippen LogP contribution in [0.3, 0.4) is 0 Å². The van der Waals surface area contributed by atoms with Gasteiger partial charge in [0.2, 0.25) is 11.8 Å². The smallest absolute Gasteiger partial charge is 0.325 e. The first-order valence-corrected chi connectivity index (χ1v) is 9.50. The fourth-order valence-electron chi connectivity index (χ4n) is 2.76. The van der Waals surface area contributed by atoms with Crippen molar-refractivity contribution in [3.05, 3.63) is 41.4 Å². The number of amides is 4. The van der Waals surface area contributed by atoms with Gasteiger partial charge in [0.25, 0.3) is 0 Å². The molecule has 0 unspecified atom stereocenters. The molecule has 1 fully saturated rings. The predicted molar refractivity (Wildman–Crippen MR) is 104 cm³/mol. The summed E-state index contributed by atoms with van der Waals surface area (Å²) in [5.74, 6) is 0.00915. The maximum Gasteiger partial charge on any atom is 0.325 e. The van der Waals surface area contributed by atoms with Crippen molar-refractivity contribution in [2.24, 2.45) is 0 Å². The molecular weight excluding hydrogens is 366 g/mol. The molecule has 1 aliphatic rings. The van der Waals surface area contributed by atoms with Crippen molar-refractivity contribution in [1.29, 1.82) is 0 Å². The van der Waals surface area contributed by atoms with Gasteiger partial charge in [0.1, 0.15) is 0 Å². The first kappa shape index (κ1) is 18.8. The second kappa shape index (κ2) is 8.63. The third-order valence-electron chi connectivity index (χ3n) is 4.21. The zero-order chi connectivity index (χ0) is 19.2.